The highest BCUT2D eigenvalue weighted by atomic mass is 79.9. The summed E-state index contributed by atoms with van der Waals surface area (Å²) in [6, 6.07) is 4.49. The maximum absolute atomic E-state index is 3.89. The number of thiophene rings is 1. The van der Waals surface area contributed by atoms with Gasteiger partial charge in [0.2, 0.25) is 0 Å². The van der Waals surface area contributed by atoms with Crippen LogP contribution in [0, 0.1) is 23.7 Å². The number of aryl methyl sites for hydroxylation is 1. The molecular weight excluding hydrogens is 268 g/mol. The van der Waals surface area contributed by atoms with Crippen molar-refractivity contribution in [3.63, 3.8) is 0 Å². The molecule has 0 aromatic carbocycles. The molecule has 1 unspecified atom stereocenters. The molecular formula is C13H19BrS. The van der Waals surface area contributed by atoms with Crippen molar-refractivity contribution in [2.45, 2.75) is 39.4 Å². The fourth-order valence-corrected chi connectivity index (χ4v) is 5.39. The van der Waals surface area contributed by atoms with E-state index in [1.165, 1.54) is 9.75 Å². The van der Waals surface area contributed by atoms with E-state index < -0.39 is 0 Å². The highest BCUT2D eigenvalue weighted by molar-refractivity contribution is 9.09. The Hall–Kier alpha value is 0.180. The molecule has 84 valence electrons. The van der Waals surface area contributed by atoms with Crippen molar-refractivity contribution in [1.29, 1.82) is 0 Å². The molecule has 0 spiro atoms. The second-order valence-electron chi connectivity index (χ2n) is 5.77. The summed E-state index contributed by atoms with van der Waals surface area (Å²) in [7, 11) is 0. The van der Waals surface area contributed by atoms with Crippen molar-refractivity contribution < 1.29 is 0 Å². The predicted octanol–water partition coefficient (Wildman–Crippen LogP) is 5.17. The third-order valence-electron chi connectivity index (χ3n) is 4.46. The quantitative estimate of drug-likeness (QED) is 0.658. The number of hydrogen-bond donors (Lipinski definition) is 0. The van der Waals surface area contributed by atoms with Crippen molar-refractivity contribution in [3.8, 4) is 0 Å². The topological polar surface area (TPSA) is 0 Å². The van der Waals surface area contributed by atoms with E-state index >= 15 is 0 Å². The molecule has 0 bridgehead atoms. The van der Waals surface area contributed by atoms with Crippen LogP contribution in [-0.4, -0.2) is 0 Å². The Morgan fingerprint density at radius 1 is 1.20 bits per heavy atom. The van der Waals surface area contributed by atoms with Crippen molar-refractivity contribution in [2.24, 2.45) is 16.7 Å². The summed E-state index contributed by atoms with van der Waals surface area (Å²) in [4.78, 5) is 3.42. The fourth-order valence-electron chi connectivity index (χ4n) is 2.75. The van der Waals surface area contributed by atoms with E-state index in [0.29, 0.717) is 15.7 Å². The molecule has 0 radical (unpaired) electrons. The van der Waals surface area contributed by atoms with E-state index in [2.05, 4.69) is 62.7 Å². The number of halogens is 1. The molecule has 2 rings (SSSR count). The zero-order valence-corrected chi connectivity index (χ0v) is 12.5. The molecule has 0 amide bonds. The van der Waals surface area contributed by atoms with Gasteiger partial charge in [-0.25, -0.2) is 0 Å². The second kappa shape index (κ2) is 3.33. The molecule has 0 nitrogen and oxygen atoms in total. The zero-order chi connectivity index (χ0) is 11.4. The molecule has 15 heavy (non-hydrogen) atoms. The lowest BCUT2D eigenvalue weighted by Crippen LogP contribution is -1.96. The first-order valence-electron chi connectivity index (χ1n) is 5.49. The van der Waals surface area contributed by atoms with Gasteiger partial charge in [0.1, 0.15) is 0 Å². The lowest BCUT2D eigenvalue weighted by molar-refractivity contribution is 0.457. The van der Waals surface area contributed by atoms with Gasteiger partial charge in [0, 0.05) is 9.75 Å². The lowest BCUT2D eigenvalue weighted by Gasteiger charge is -2.09. The smallest absolute Gasteiger partial charge is 0.0528 e. The summed E-state index contributed by atoms with van der Waals surface area (Å²) >= 11 is 5.81. The average Bonchev–Trinajstić information content (AvgIpc) is 2.49. The van der Waals surface area contributed by atoms with Gasteiger partial charge >= 0.3 is 0 Å². The van der Waals surface area contributed by atoms with Crippen LogP contribution >= 0.6 is 27.3 Å². The monoisotopic (exact) mass is 286 g/mol. The van der Waals surface area contributed by atoms with Gasteiger partial charge in [-0.15, -0.1) is 11.3 Å². The van der Waals surface area contributed by atoms with Crippen LogP contribution in [0.1, 0.15) is 42.3 Å². The Morgan fingerprint density at radius 2 is 1.73 bits per heavy atom. The van der Waals surface area contributed by atoms with Gasteiger partial charge in [-0.2, -0.15) is 0 Å². The fraction of sp³-hybridized carbons (Fsp3) is 0.692. The molecule has 2 heteroatoms. The summed E-state index contributed by atoms with van der Waals surface area (Å²) in [6.07, 6.45) is 0. The molecule has 1 aromatic rings. The molecule has 0 saturated heterocycles. The first-order valence-corrected chi connectivity index (χ1v) is 7.22. The summed E-state index contributed by atoms with van der Waals surface area (Å²) in [6.45, 7) is 11.7. The Bertz CT molecular complexity index is 362. The van der Waals surface area contributed by atoms with Crippen molar-refractivity contribution in [3.05, 3.63) is 21.9 Å². The molecule has 1 aromatic heterocycles. The van der Waals surface area contributed by atoms with Gasteiger partial charge < -0.3 is 0 Å². The minimum atomic E-state index is 0.457. The maximum atomic E-state index is 3.89. The molecule has 1 fully saturated rings. The van der Waals surface area contributed by atoms with E-state index in [4.69, 9.17) is 0 Å². The average molecular weight is 287 g/mol. The first kappa shape index (κ1) is 11.7. The Balaban J connectivity index is 2.21. The van der Waals surface area contributed by atoms with Crippen LogP contribution in [0.15, 0.2) is 12.1 Å². The standard InChI is InChI=1S/C13H19BrS/c1-8-6-7-9(15-8)10(14)11-12(2,3)13(11,4)5/h6-7,10-11H,1-5H3. The first-order chi connectivity index (χ1) is 6.78. The Labute approximate surface area is 105 Å². The highest BCUT2D eigenvalue weighted by Gasteiger charge is 2.67. The van der Waals surface area contributed by atoms with Gasteiger partial charge in [-0.3, -0.25) is 0 Å². The van der Waals surface area contributed by atoms with Crippen LogP contribution in [0.25, 0.3) is 0 Å². The predicted molar refractivity (Wildman–Crippen MR) is 71.8 cm³/mol. The summed E-state index contributed by atoms with van der Waals surface area (Å²) in [5, 5.41) is 0. The minimum Gasteiger partial charge on any atom is -0.145 e. The van der Waals surface area contributed by atoms with Crippen LogP contribution in [0.2, 0.25) is 0 Å². The summed E-state index contributed by atoms with van der Waals surface area (Å²) < 4.78 is 0. The largest absolute Gasteiger partial charge is 0.145 e. The molecule has 1 atom stereocenters. The third-order valence-corrected chi connectivity index (χ3v) is 6.87. The molecule has 0 N–H and O–H groups in total. The van der Waals surface area contributed by atoms with Crippen molar-refractivity contribution >= 4 is 27.3 Å². The molecule has 1 aliphatic carbocycles. The van der Waals surface area contributed by atoms with Gasteiger partial charge in [-0.05, 0) is 35.8 Å². The maximum Gasteiger partial charge on any atom is 0.0528 e. The van der Waals surface area contributed by atoms with E-state index in [0.717, 1.165) is 5.92 Å². The van der Waals surface area contributed by atoms with Crippen LogP contribution in [-0.2, 0) is 0 Å². The Kier molecular flexibility index (Phi) is 2.59. The molecule has 1 saturated carbocycles. The summed E-state index contributed by atoms with van der Waals surface area (Å²) in [5.41, 5.74) is 0.915. The number of hydrogen-bond acceptors (Lipinski definition) is 1. The molecule has 1 aliphatic rings. The second-order valence-corrected chi connectivity index (χ2v) is 8.08. The van der Waals surface area contributed by atoms with Gasteiger partial charge in [0.05, 0.1) is 4.83 Å². The Morgan fingerprint density at radius 3 is 2.07 bits per heavy atom. The normalized spacial score (nSPS) is 25.2. The van der Waals surface area contributed by atoms with E-state index in [1.807, 2.05) is 11.3 Å². The zero-order valence-electron chi connectivity index (χ0n) is 10.1. The van der Waals surface area contributed by atoms with Crippen molar-refractivity contribution in [2.75, 3.05) is 0 Å². The van der Waals surface area contributed by atoms with E-state index in [1.54, 1.807) is 0 Å². The van der Waals surface area contributed by atoms with Crippen LogP contribution in [0.5, 0.6) is 0 Å². The lowest BCUT2D eigenvalue weighted by atomic mass is 10.0. The van der Waals surface area contributed by atoms with Crippen molar-refractivity contribution in [1.82, 2.24) is 0 Å². The minimum absolute atomic E-state index is 0.457. The third kappa shape index (κ3) is 1.61. The van der Waals surface area contributed by atoms with E-state index in [-0.39, 0.29) is 0 Å². The van der Waals surface area contributed by atoms with Gasteiger partial charge in [-0.1, -0.05) is 43.6 Å². The molecule has 0 aliphatic heterocycles. The molecule has 1 heterocycles. The summed E-state index contributed by atoms with van der Waals surface area (Å²) in [5.74, 6) is 0.753. The van der Waals surface area contributed by atoms with E-state index in [9.17, 15) is 0 Å². The number of alkyl halides is 1. The highest BCUT2D eigenvalue weighted by Crippen LogP contribution is 2.74. The van der Waals surface area contributed by atoms with Crippen LogP contribution in [0.3, 0.4) is 0 Å². The number of rotatable bonds is 2. The van der Waals surface area contributed by atoms with Crippen LogP contribution in [0.4, 0.5) is 0 Å². The van der Waals surface area contributed by atoms with Gasteiger partial charge in [0.15, 0.2) is 0 Å². The SMILES string of the molecule is Cc1ccc(C(Br)C2C(C)(C)C2(C)C)s1. The van der Waals surface area contributed by atoms with Gasteiger partial charge in [0.25, 0.3) is 0 Å². The van der Waals surface area contributed by atoms with Crippen LogP contribution < -0.4 is 0 Å².